The average molecular weight is 262 g/mol. The molecule has 0 aromatic carbocycles. The zero-order valence-corrected chi connectivity index (χ0v) is 9.36. The van der Waals surface area contributed by atoms with E-state index in [0.717, 1.165) is 0 Å². The molecule has 0 spiro atoms. The van der Waals surface area contributed by atoms with E-state index >= 15 is 0 Å². The number of nitrogens with zero attached hydrogens (tertiary/aromatic N) is 2. The highest BCUT2D eigenvalue weighted by Gasteiger charge is 2.08. The number of aliphatic hydroxyl groups is 1. The van der Waals surface area contributed by atoms with Gasteiger partial charge in [0.25, 0.3) is 5.56 Å². The van der Waals surface area contributed by atoms with Gasteiger partial charge in [-0.2, -0.15) is 0 Å². The maximum absolute atomic E-state index is 11.6. The summed E-state index contributed by atoms with van der Waals surface area (Å²) >= 11 is 3.13. The molecule has 6 heteroatoms. The molecular weight excluding hydrogens is 250 g/mol. The average Bonchev–Trinajstić information content (AvgIpc) is 2.19. The van der Waals surface area contributed by atoms with Gasteiger partial charge >= 0.3 is 0 Å². The molecule has 0 aliphatic rings. The molecule has 1 heterocycles. The third-order valence-electron chi connectivity index (χ3n) is 1.84. The summed E-state index contributed by atoms with van der Waals surface area (Å²) in [5.74, 6) is 0. The van der Waals surface area contributed by atoms with Crippen molar-refractivity contribution in [1.82, 2.24) is 9.55 Å². The van der Waals surface area contributed by atoms with Gasteiger partial charge in [-0.1, -0.05) is 0 Å². The second-order valence-electron chi connectivity index (χ2n) is 2.99. The van der Waals surface area contributed by atoms with Crippen molar-refractivity contribution in [2.45, 2.75) is 19.6 Å². The molecule has 0 saturated heterocycles. The van der Waals surface area contributed by atoms with Gasteiger partial charge in [0.05, 0.1) is 24.7 Å². The summed E-state index contributed by atoms with van der Waals surface area (Å²) in [7, 11) is 0. The van der Waals surface area contributed by atoms with Crippen molar-refractivity contribution in [3.63, 3.8) is 0 Å². The van der Waals surface area contributed by atoms with Crippen molar-refractivity contribution in [2.24, 2.45) is 5.73 Å². The SMILES string of the molecule is Cc1ncn(C[C@H](O)CN)c(=O)c1Br. The van der Waals surface area contributed by atoms with Crippen LogP contribution in [-0.4, -0.2) is 27.3 Å². The van der Waals surface area contributed by atoms with E-state index in [-0.39, 0.29) is 18.6 Å². The molecule has 0 saturated carbocycles. The minimum absolute atomic E-state index is 0.123. The normalized spacial score (nSPS) is 12.9. The standard InChI is InChI=1S/C8H12BrN3O2/c1-5-7(9)8(14)12(4-11-5)3-6(13)2-10/h4,6,13H,2-3,10H2,1H3/t6-/m1/s1. The van der Waals surface area contributed by atoms with Crippen molar-refractivity contribution in [3.8, 4) is 0 Å². The highest BCUT2D eigenvalue weighted by molar-refractivity contribution is 9.10. The Kier molecular flexibility index (Phi) is 3.79. The summed E-state index contributed by atoms with van der Waals surface area (Å²) < 4.78 is 1.75. The Hall–Kier alpha value is -0.720. The number of hydrogen-bond donors (Lipinski definition) is 2. The number of rotatable bonds is 3. The second kappa shape index (κ2) is 4.68. The molecule has 0 aliphatic carbocycles. The third kappa shape index (κ3) is 2.40. The minimum atomic E-state index is -0.718. The first-order chi connectivity index (χ1) is 6.56. The first-order valence-electron chi connectivity index (χ1n) is 4.16. The van der Waals surface area contributed by atoms with Crippen molar-refractivity contribution in [1.29, 1.82) is 0 Å². The fourth-order valence-electron chi connectivity index (χ4n) is 0.978. The summed E-state index contributed by atoms with van der Waals surface area (Å²) in [4.78, 5) is 15.6. The number of aryl methyl sites for hydroxylation is 1. The van der Waals surface area contributed by atoms with Crippen molar-refractivity contribution < 1.29 is 5.11 Å². The maximum Gasteiger partial charge on any atom is 0.267 e. The monoisotopic (exact) mass is 261 g/mol. The molecule has 14 heavy (non-hydrogen) atoms. The Morgan fingerprint density at radius 3 is 3.00 bits per heavy atom. The van der Waals surface area contributed by atoms with Gasteiger partial charge in [-0.05, 0) is 22.9 Å². The van der Waals surface area contributed by atoms with Crippen LogP contribution in [0.15, 0.2) is 15.6 Å². The van der Waals surface area contributed by atoms with Gasteiger partial charge in [0, 0.05) is 6.54 Å². The maximum atomic E-state index is 11.6. The zero-order valence-electron chi connectivity index (χ0n) is 7.77. The van der Waals surface area contributed by atoms with E-state index in [1.807, 2.05) is 0 Å². The lowest BCUT2D eigenvalue weighted by Crippen LogP contribution is -2.31. The molecule has 0 radical (unpaired) electrons. The molecular formula is C8H12BrN3O2. The van der Waals surface area contributed by atoms with Crippen LogP contribution < -0.4 is 11.3 Å². The van der Waals surface area contributed by atoms with Crippen molar-refractivity contribution >= 4 is 15.9 Å². The topological polar surface area (TPSA) is 81.1 Å². The summed E-state index contributed by atoms with van der Waals surface area (Å²) in [5.41, 5.74) is 5.67. The van der Waals surface area contributed by atoms with Gasteiger partial charge in [-0.15, -0.1) is 0 Å². The van der Waals surface area contributed by atoms with Gasteiger partial charge in [0.2, 0.25) is 0 Å². The van der Waals surface area contributed by atoms with Gasteiger partial charge in [-0.3, -0.25) is 9.36 Å². The lowest BCUT2D eigenvalue weighted by Gasteiger charge is -2.10. The van der Waals surface area contributed by atoms with E-state index in [9.17, 15) is 9.90 Å². The molecule has 3 N–H and O–H groups in total. The van der Waals surface area contributed by atoms with Crippen LogP contribution in [0.5, 0.6) is 0 Å². The number of nitrogens with two attached hydrogens (primary N) is 1. The first kappa shape index (κ1) is 11.4. The van der Waals surface area contributed by atoms with Crippen molar-refractivity contribution in [3.05, 3.63) is 26.8 Å². The number of aromatic nitrogens is 2. The van der Waals surface area contributed by atoms with E-state index in [4.69, 9.17) is 5.73 Å². The van der Waals surface area contributed by atoms with Crippen molar-refractivity contribution in [2.75, 3.05) is 6.54 Å². The Balaban J connectivity index is 3.00. The molecule has 1 rings (SSSR count). The molecule has 5 nitrogen and oxygen atoms in total. The highest BCUT2D eigenvalue weighted by Crippen LogP contribution is 2.06. The van der Waals surface area contributed by atoms with Crippen LogP contribution in [-0.2, 0) is 6.54 Å². The lowest BCUT2D eigenvalue weighted by atomic mass is 10.3. The molecule has 0 bridgehead atoms. The largest absolute Gasteiger partial charge is 0.390 e. The molecule has 0 unspecified atom stereocenters. The van der Waals surface area contributed by atoms with Gasteiger partial charge < -0.3 is 10.8 Å². The predicted octanol–water partition coefficient (Wildman–Crippen LogP) is -0.366. The molecule has 1 atom stereocenters. The van der Waals surface area contributed by atoms with E-state index in [1.165, 1.54) is 10.9 Å². The van der Waals surface area contributed by atoms with Gasteiger partial charge in [0.1, 0.15) is 4.47 Å². The van der Waals surface area contributed by atoms with Crippen LogP contribution in [0.4, 0.5) is 0 Å². The van der Waals surface area contributed by atoms with E-state index in [2.05, 4.69) is 20.9 Å². The zero-order chi connectivity index (χ0) is 10.7. The minimum Gasteiger partial charge on any atom is -0.390 e. The molecule has 0 aliphatic heterocycles. The molecule has 1 aromatic rings. The van der Waals surface area contributed by atoms with Crippen LogP contribution in [0.3, 0.4) is 0 Å². The number of aliphatic hydroxyl groups excluding tert-OH is 1. The van der Waals surface area contributed by atoms with Crippen LogP contribution in [0.1, 0.15) is 5.69 Å². The van der Waals surface area contributed by atoms with Gasteiger partial charge in [0.15, 0.2) is 0 Å². The van der Waals surface area contributed by atoms with Crippen LogP contribution in [0.25, 0.3) is 0 Å². The smallest absolute Gasteiger partial charge is 0.267 e. The summed E-state index contributed by atoms with van der Waals surface area (Å²) in [6, 6.07) is 0. The fourth-order valence-corrected chi connectivity index (χ4v) is 1.31. The summed E-state index contributed by atoms with van der Waals surface area (Å²) in [5, 5.41) is 9.27. The molecule has 78 valence electrons. The predicted molar refractivity (Wildman–Crippen MR) is 56.0 cm³/mol. The first-order valence-corrected chi connectivity index (χ1v) is 4.95. The van der Waals surface area contributed by atoms with E-state index in [0.29, 0.717) is 10.2 Å². The Labute approximate surface area is 89.7 Å². The molecule has 0 amide bonds. The van der Waals surface area contributed by atoms with E-state index < -0.39 is 6.10 Å². The molecule has 1 aromatic heterocycles. The van der Waals surface area contributed by atoms with Crippen LogP contribution in [0.2, 0.25) is 0 Å². The molecule has 0 fully saturated rings. The van der Waals surface area contributed by atoms with E-state index in [1.54, 1.807) is 6.92 Å². The number of hydrogen-bond acceptors (Lipinski definition) is 4. The quantitative estimate of drug-likeness (QED) is 0.779. The Morgan fingerprint density at radius 1 is 1.79 bits per heavy atom. The summed E-state index contributed by atoms with van der Waals surface area (Å²) in [6.45, 7) is 2.02. The lowest BCUT2D eigenvalue weighted by molar-refractivity contribution is 0.160. The van der Waals surface area contributed by atoms with Gasteiger partial charge in [-0.25, -0.2) is 4.98 Å². The Bertz CT molecular complexity index is 377. The second-order valence-corrected chi connectivity index (χ2v) is 3.78. The third-order valence-corrected chi connectivity index (χ3v) is 2.75. The highest BCUT2D eigenvalue weighted by atomic mass is 79.9. The fraction of sp³-hybridized carbons (Fsp3) is 0.500. The van der Waals surface area contributed by atoms with Crippen LogP contribution >= 0.6 is 15.9 Å². The van der Waals surface area contributed by atoms with Crippen LogP contribution in [0, 0.1) is 6.92 Å². The Morgan fingerprint density at radius 2 is 2.43 bits per heavy atom. The summed E-state index contributed by atoms with van der Waals surface area (Å²) in [6.07, 6.45) is 0.686. The number of halogens is 1.